The van der Waals surface area contributed by atoms with Crippen molar-refractivity contribution in [2.45, 2.75) is 13.0 Å². The van der Waals surface area contributed by atoms with Crippen molar-refractivity contribution in [3.8, 4) is 10.6 Å². The SMILES string of the molecule is C[C@H](NC(=O)c1csc(-c2ccsc2)n1)c1ccc(F)cc1. The normalized spacial score (nSPS) is 12.1. The van der Waals surface area contributed by atoms with Gasteiger partial charge in [0.05, 0.1) is 6.04 Å². The Hall–Kier alpha value is -2.05. The predicted molar refractivity (Wildman–Crippen MR) is 87.7 cm³/mol. The molecule has 3 nitrogen and oxygen atoms in total. The van der Waals surface area contributed by atoms with Gasteiger partial charge in [-0.2, -0.15) is 11.3 Å². The summed E-state index contributed by atoms with van der Waals surface area (Å²) in [5.74, 6) is -0.517. The number of benzene rings is 1. The molecule has 0 aliphatic carbocycles. The number of hydrogen-bond donors (Lipinski definition) is 1. The number of thiophene rings is 1. The lowest BCUT2D eigenvalue weighted by molar-refractivity contribution is 0.0935. The lowest BCUT2D eigenvalue weighted by Gasteiger charge is -2.13. The van der Waals surface area contributed by atoms with Crippen LogP contribution in [0.4, 0.5) is 4.39 Å². The molecule has 0 fully saturated rings. The first-order chi connectivity index (χ1) is 10.6. The molecule has 2 aromatic heterocycles. The molecule has 0 saturated carbocycles. The van der Waals surface area contributed by atoms with Crippen molar-refractivity contribution in [1.29, 1.82) is 0 Å². The van der Waals surface area contributed by atoms with E-state index in [-0.39, 0.29) is 17.8 Å². The molecule has 1 aromatic carbocycles. The van der Waals surface area contributed by atoms with Gasteiger partial charge in [-0.05, 0) is 36.1 Å². The fourth-order valence-electron chi connectivity index (χ4n) is 2.00. The third kappa shape index (κ3) is 3.23. The van der Waals surface area contributed by atoms with Gasteiger partial charge in [-0.25, -0.2) is 9.37 Å². The molecule has 1 atom stereocenters. The second kappa shape index (κ2) is 6.37. The highest BCUT2D eigenvalue weighted by atomic mass is 32.1. The van der Waals surface area contributed by atoms with Crippen molar-refractivity contribution in [2.75, 3.05) is 0 Å². The average Bonchev–Trinajstić information content (AvgIpc) is 3.19. The smallest absolute Gasteiger partial charge is 0.271 e. The number of thiazole rings is 1. The molecule has 3 aromatic rings. The van der Waals surface area contributed by atoms with Crippen LogP contribution in [-0.2, 0) is 0 Å². The Balaban J connectivity index is 1.70. The van der Waals surface area contributed by atoms with E-state index in [9.17, 15) is 9.18 Å². The van der Waals surface area contributed by atoms with E-state index in [4.69, 9.17) is 0 Å². The van der Waals surface area contributed by atoms with Crippen molar-refractivity contribution >= 4 is 28.6 Å². The standard InChI is InChI=1S/C16H13FN2OS2/c1-10(11-2-4-13(17)5-3-11)18-15(20)14-9-22-16(19-14)12-6-7-21-8-12/h2-10H,1H3,(H,18,20)/t10-/m0/s1. The summed E-state index contributed by atoms with van der Waals surface area (Å²) < 4.78 is 12.9. The maximum Gasteiger partial charge on any atom is 0.271 e. The Morgan fingerprint density at radius 3 is 2.68 bits per heavy atom. The fourth-order valence-corrected chi connectivity index (χ4v) is 3.51. The molecule has 0 radical (unpaired) electrons. The van der Waals surface area contributed by atoms with Crippen LogP contribution in [0.1, 0.15) is 29.0 Å². The molecular weight excluding hydrogens is 319 g/mol. The van der Waals surface area contributed by atoms with Crippen molar-refractivity contribution in [1.82, 2.24) is 10.3 Å². The molecule has 1 amide bonds. The van der Waals surface area contributed by atoms with E-state index in [1.807, 2.05) is 23.8 Å². The molecule has 22 heavy (non-hydrogen) atoms. The van der Waals surface area contributed by atoms with Gasteiger partial charge in [0.1, 0.15) is 16.5 Å². The van der Waals surface area contributed by atoms with Crippen LogP contribution in [0, 0.1) is 5.82 Å². The van der Waals surface area contributed by atoms with Gasteiger partial charge in [0.2, 0.25) is 0 Å². The number of rotatable bonds is 4. The lowest BCUT2D eigenvalue weighted by atomic mass is 10.1. The number of nitrogens with zero attached hydrogens (tertiary/aromatic N) is 1. The van der Waals surface area contributed by atoms with Gasteiger partial charge in [-0.3, -0.25) is 4.79 Å². The molecular formula is C16H13FN2OS2. The Bertz CT molecular complexity index is 766. The number of carbonyl (C=O) groups is 1. The van der Waals surface area contributed by atoms with E-state index >= 15 is 0 Å². The monoisotopic (exact) mass is 332 g/mol. The minimum atomic E-state index is -0.290. The first-order valence-corrected chi connectivity index (χ1v) is 8.50. The fraction of sp³-hybridized carbons (Fsp3) is 0.125. The first kappa shape index (κ1) is 14.9. The number of nitrogens with one attached hydrogen (secondary N) is 1. The Morgan fingerprint density at radius 2 is 2.00 bits per heavy atom. The largest absolute Gasteiger partial charge is 0.344 e. The highest BCUT2D eigenvalue weighted by molar-refractivity contribution is 7.14. The third-order valence-corrected chi connectivity index (χ3v) is 4.80. The summed E-state index contributed by atoms with van der Waals surface area (Å²) in [6.45, 7) is 1.86. The molecule has 0 bridgehead atoms. The van der Waals surface area contributed by atoms with E-state index in [1.165, 1.54) is 23.5 Å². The number of amides is 1. The van der Waals surface area contributed by atoms with E-state index in [0.717, 1.165) is 16.1 Å². The molecule has 2 heterocycles. The molecule has 1 N–H and O–H groups in total. The van der Waals surface area contributed by atoms with Crippen molar-refractivity contribution in [2.24, 2.45) is 0 Å². The van der Waals surface area contributed by atoms with Gasteiger partial charge in [0.25, 0.3) is 5.91 Å². The number of carbonyl (C=O) groups excluding carboxylic acids is 1. The summed E-state index contributed by atoms with van der Waals surface area (Å²) in [4.78, 5) is 16.6. The van der Waals surface area contributed by atoms with E-state index in [0.29, 0.717) is 5.69 Å². The molecule has 0 aliphatic heterocycles. The Kier molecular flexibility index (Phi) is 4.31. The van der Waals surface area contributed by atoms with Crippen LogP contribution < -0.4 is 5.32 Å². The van der Waals surface area contributed by atoms with E-state index in [1.54, 1.807) is 28.8 Å². The lowest BCUT2D eigenvalue weighted by Crippen LogP contribution is -2.26. The first-order valence-electron chi connectivity index (χ1n) is 6.68. The zero-order valence-corrected chi connectivity index (χ0v) is 13.4. The third-order valence-electron chi connectivity index (χ3n) is 3.22. The predicted octanol–water partition coefficient (Wildman–Crippen LogP) is 4.50. The molecule has 0 saturated heterocycles. The minimum Gasteiger partial charge on any atom is -0.344 e. The van der Waals surface area contributed by atoms with Crippen LogP contribution >= 0.6 is 22.7 Å². The highest BCUT2D eigenvalue weighted by Gasteiger charge is 2.15. The summed E-state index contributed by atoms with van der Waals surface area (Å²) in [6, 6.07) is 7.87. The van der Waals surface area contributed by atoms with Crippen LogP contribution in [-0.4, -0.2) is 10.9 Å². The minimum absolute atomic E-state index is 0.209. The van der Waals surface area contributed by atoms with Crippen LogP contribution in [0.5, 0.6) is 0 Å². The summed E-state index contributed by atoms with van der Waals surface area (Å²) in [5.41, 5.74) is 2.28. The van der Waals surface area contributed by atoms with Crippen LogP contribution in [0.25, 0.3) is 10.6 Å². The van der Waals surface area contributed by atoms with Crippen LogP contribution in [0.15, 0.2) is 46.5 Å². The molecule has 0 aliphatic rings. The maximum atomic E-state index is 12.9. The van der Waals surface area contributed by atoms with Gasteiger partial charge in [-0.1, -0.05) is 12.1 Å². The van der Waals surface area contributed by atoms with Crippen molar-refractivity contribution < 1.29 is 9.18 Å². The van der Waals surface area contributed by atoms with Gasteiger partial charge in [0, 0.05) is 16.3 Å². The molecule has 3 rings (SSSR count). The quantitative estimate of drug-likeness (QED) is 0.764. The highest BCUT2D eigenvalue weighted by Crippen LogP contribution is 2.26. The topological polar surface area (TPSA) is 42.0 Å². The van der Waals surface area contributed by atoms with Gasteiger partial charge in [-0.15, -0.1) is 11.3 Å². The molecule has 112 valence electrons. The molecule has 6 heteroatoms. The second-order valence-electron chi connectivity index (χ2n) is 4.80. The average molecular weight is 332 g/mol. The zero-order valence-electron chi connectivity index (χ0n) is 11.7. The summed E-state index contributed by atoms with van der Waals surface area (Å²) >= 11 is 3.04. The summed E-state index contributed by atoms with van der Waals surface area (Å²) in [6.07, 6.45) is 0. The van der Waals surface area contributed by atoms with E-state index in [2.05, 4.69) is 10.3 Å². The van der Waals surface area contributed by atoms with Gasteiger partial charge < -0.3 is 5.32 Å². The van der Waals surface area contributed by atoms with Crippen molar-refractivity contribution in [3.63, 3.8) is 0 Å². The van der Waals surface area contributed by atoms with Gasteiger partial charge in [0.15, 0.2) is 0 Å². The second-order valence-corrected chi connectivity index (χ2v) is 6.43. The Morgan fingerprint density at radius 1 is 1.23 bits per heavy atom. The molecule has 0 unspecified atom stereocenters. The van der Waals surface area contributed by atoms with E-state index < -0.39 is 0 Å². The van der Waals surface area contributed by atoms with Crippen LogP contribution in [0.3, 0.4) is 0 Å². The van der Waals surface area contributed by atoms with Gasteiger partial charge >= 0.3 is 0 Å². The summed E-state index contributed by atoms with van der Waals surface area (Å²) in [7, 11) is 0. The Labute approximate surface area is 135 Å². The maximum absolute atomic E-state index is 12.9. The van der Waals surface area contributed by atoms with Crippen molar-refractivity contribution in [3.05, 3.63) is 63.5 Å². The zero-order chi connectivity index (χ0) is 15.5. The number of aromatic nitrogens is 1. The van der Waals surface area contributed by atoms with Crippen LogP contribution in [0.2, 0.25) is 0 Å². The molecule has 0 spiro atoms. The number of halogens is 1. The summed E-state index contributed by atoms with van der Waals surface area (Å²) in [5, 5.41) is 9.44. The number of hydrogen-bond acceptors (Lipinski definition) is 4.